The number of rotatable bonds is 8. The van der Waals surface area contributed by atoms with Crippen molar-refractivity contribution in [1.82, 2.24) is 0 Å². The molecule has 2 N–H and O–H groups in total. The molecule has 0 fully saturated rings. The van der Waals surface area contributed by atoms with E-state index < -0.39 is 0 Å². The van der Waals surface area contributed by atoms with Gasteiger partial charge in [-0.05, 0) is 61.0 Å². The Hall–Kier alpha value is -3.67. The summed E-state index contributed by atoms with van der Waals surface area (Å²) in [5, 5.41) is 5.50. The van der Waals surface area contributed by atoms with Crippen LogP contribution < -0.4 is 15.4 Å². The van der Waals surface area contributed by atoms with Crippen LogP contribution in [0.1, 0.15) is 40.5 Å². The Morgan fingerprint density at radius 2 is 1.60 bits per heavy atom. The van der Waals surface area contributed by atoms with Crippen molar-refractivity contribution in [3.63, 3.8) is 0 Å². The zero-order valence-electron chi connectivity index (χ0n) is 16.7. The maximum Gasteiger partial charge on any atom is 0.259 e. The fraction of sp³-hybridized carbons (Fsp3) is 0.167. The second kappa shape index (κ2) is 10.2. The summed E-state index contributed by atoms with van der Waals surface area (Å²) in [6, 6.07) is 19.1. The SMILES string of the molecule is CCCCOc1ccccc1C(=O)Nc1cccc(C(=O)Nc2ccc(F)cc2)c1. The molecule has 0 heterocycles. The molecule has 30 heavy (non-hydrogen) atoms. The average molecular weight is 406 g/mol. The first-order valence-electron chi connectivity index (χ1n) is 9.77. The van der Waals surface area contributed by atoms with Crippen molar-refractivity contribution in [1.29, 1.82) is 0 Å². The van der Waals surface area contributed by atoms with E-state index in [1.54, 1.807) is 42.5 Å². The van der Waals surface area contributed by atoms with Gasteiger partial charge >= 0.3 is 0 Å². The van der Waals surface area contributed by atoms with Gasteiger partial charge in [-0.25, -0.2) is 4.39 Å². The van der Waals surface area contributed by atoms with Crippen molar-refractivity contribution < 1.29 is 18.7 Å². The minimum Gasteiger partial charge on any atom is -0.493 e. The van der Waals surface area contributed by atoms with Gasteiger partial charge in [0.25, 0.3) is 11.8 Å². The predicted octanol–water partition coefficient (Wildman–Crippen LogP) is 5.51. The van der Waals surface area contributed by atoms with E-state index in [0.717, 1.165) is 12.8 Å². The molecule has 0 saturated heterocycles. The number of unbranched alkanes of at least 4 members (excludes halogenated alkanes) is 1. The van der Waals surface area contributed by atoms with Gasteiger partial charge in [0.05, 0.1) is 12.2 Å². The number of hydrogen-bond donors (Lipinski definition) is 2. The fourth-order valence-corrected chi connectivity index (χ4v) is 2.78. The molecule has 3 rings (SSSR count). The topological polar surface area (TPSA) is 67.4 Å². The van der Waals surface area contributed by atoms with Crippen LogP contribution in [-0.2, 0) is 0 Å². The molecule has 0 aliphatic heterocycles. The largest absolute Gasteiger partial charge is 0.493 e. The van der Waals surface area contributed by atoms with Gasteiger partial charge in [-0.15, -0.1) is 0 Å². The van der Waals surface area contributed by atoms with E-state index in [9.17, 15) is 14.0 Å². The molecule has 2 amide bonds. The fourth-order valence-electron chi connectivity index (χ4n) is 2.78. The number of para-hydroxylation sites is 1. The highest BCUT2D eigenvalue weighted by atomic mass is 19.1. The van der Waals surface area contributed by atoms with Gasteiger partial charge in [-0.1, -0.05) is 31.5 Å². The third kappa shape index (κ3) is 5.67. The second-order valence-corrected chi connectivity index (χ2v) is 6.69. The lowest BCUT2D eigenvalue weighted by Crippen LogP contribution is -2.15. The number of benzene rings is 3. The van der Waals surface area contributed by atoms with E-state index >= 15 is 0 Å². The summed E-state index contributed by atoms with van der Waals surface area (Å²) >= 11 is 0. The molecular formula is C24H23FN2O3. The third-order valence-corrected chi connectivity index (χ3v) is 4.37. The number of carbonyl (C=O) groups is 2. The minimum atomic E-state index is -0.378. The van der Waals surface area contributed by atoms with Crippen LogP contribution in [0.2, 0.25) is 0 Å². The van der Waals surface area contributed by atoms with Gasteiger partial charge in [-0.3, -0.25) is 9.59 Å². The van der Waals surface area contributed by atoms with Crippen LogP contribution in [0.5, 0.6) is 5.75 Å². The van der Waals surface area contributed by atoms with Crippen LogP contribution in [0, 0.1) is 5.82 Å². The van der Waals surface area contributed by atoms with E-state index in [-0.39, 0.29) is 17.6 Å². The van der Waals surface area contributed by atoms with E-state index in [1.807, 2.05) is 6.07 Å². The Labute approximate surface area is 174 Å². The maximum atomic E-state index is 13.0. The average Bonchev–Trinajstić information content (AvgIpc) is 2.76. The molecule has 0 aliphatic carbocycles. The van der Waals surface area contributed by atoms with Crippen LogP contribution in [0.15, 0.2) is 72.8 Å². The monoisotopic (exact) mass is 406 g/mol. The predicted molar refractivity (Wildman–Crippen MR) is 116 cm³/mol. The lowest BCUT2D eigenvalue weighted by Gasteiger charge is -2.12. The zero-order chi connectivity index (χ0) is 21.3. The van der Waals surface area contributed by atoms with E-state index in [4.69, 9.17) is 4.74 Å². The van der Waals surface area contributed by atoms with Gasteiger partial charge < -0.3 is 15.4 Å². The zero-order valence-corrected chi connectivity index (χ0v) is 16.7. The molecule has 0 bridgehead atoms. The molecule has 0 radical (unpaired) electrons. The molecule has 6 heteroatoms. The molecule has 5 nitrogen and oxygen atoms in total. The molecule has 0 spiro atoms. The number of nitrogens with one attached hydrogen (secondary N) is 2. The Kier molecular flexibility index (Phi) is 7.16. The number of ether oxygens (including phenoxy) is 1. The Balaban J connectivity index is 1.70. The summed E-state index contributed by atoms with van der Waals surface area (Å²) in [7, 11) is 0. The molecule has 0 aliphatic rings. The van der Waals surface area contributed by atoms with Crippen molar-refractivity contribution in [2.24, 2.45) is 0 Å². The van der Waals surface area contributed by atoms with Gasteiger partial charge in [0, 0.05) is 16.9 Å². The lowest BCUT2D eigenvalue weighted by atomic mass is 10.1. The highest BCUT2D eigenvalue weighted by molar-refractivity contribution is 6.08. The molecule has 3 aromatic rings. The second-order valence-electron chi connectivity index (χ2n) is 6.69. The van der Waals surface area contributed by atoms with E-state index in [1.165, 1.54) is 24.3 Å². The number of amides is 2. The summed E-state index contributed by atoms with van der Waals surface area (Å²) in [5.74, 6) is -0.537. The molecular weight excluding hydrogens is 383 g/mol. The number of halogens is 1. The minimum absolute atomic E-state index is 0.321. The summed E-state index contributed by atoms with van der Waals surface area (Å²) in [6.45, 7) is 2.61. The Bertz CT molecular complexity index is 1020. The molecule has 0 saturated carbocycles. The summed E-state index contributed by atoms with van der Waals surface area (Å²) in [6.07, 6.45) is 1.91. The molecule has 0 atom stereocenters. The first kappa shape index (κ1) is 21.0. The van der Waals surface area contributed by atoms with Gasteiger partial charge in [-0.2, -0.15) is 0 Å². The lowest BCUT2D eigenvalue weighted by molar-refractivity contribution is 0.101. The third-order valence-electron chi connectivity index (χ3n) is 4.37. The van der Waals surface area contributed by atoms with Crippen molar-refractivity contribution in [3.8, 4) is 5.75 Å². The molecule has 0 aromatic heterocycles. The number of carbonyl (C=O) groups excluding carboxylic acids is 2. The van der Waals surface area contributed by atoms with Crippen LogP contribution in [0.25, 0.3) is 0 Å². The van der Waals surface area contributed by atoms with Crippen LogP contribution in [0.4, 0.5) is 15.8 Å². The van der Waals surface area contributed by atoms with E-state index in [0.29, 0.717) is 34.9 Å². The highest BCUT2D eigenvalue weighted by Crippen LogP contribution is 2.21. The van der Waals surface area contributed by atoms with Crippen molar-refractivity contribution in [3.05, 3.63) is 89.7 Å². The summed E-state index contributed by atoms with van der Waals surface area (Å²) in [5.41, 5.74) is 1.75. The summed E-state index contributed by atoms with van der Waals surface area (Å²) in [4.78, 5) is 25.2. The summed E-state index contributed by atoms with van der Waals surface area (Å²) < 4.78 is 18.7. The van der Waals surface area contributed by atoms with Crippen LogP contribution in [0.3, 0.4) is 0 Å². The Morgan fingerprint density at radius 1 is 0.867 bits per heavy atom. The standard InChI is InChI=1S/C24H23FN2O3/c1-2-3-15-30-22-10-5-4-9-21(22)24(29)27-20-8-6-7-17(16-20)23(28)26-19-13-11-18(25)12-14-19/h4-14,16H,2-3,15H2,1H3,(H,26,28)(H,27,29). The normalized spacial score (nSPS) is 10.3. The van der Waals surface area contributed by atoms with Crippen LogP contribution >= 0.6 is 0 Å². The van der Waals surface area contributed by atoms with E-state index in [2.05, 4.69) is 17.6 Å². The maximum absolute atomic E-state index is 13.0. The molecule has 154 valence electrons. The first-order chi connectivity index (χ1) is 14.6. The van der Waals surface area contributed by atoms with Crippen LogP contribution in [-0.4, -0.2) is 18.4 Å². The Morgan fingerprint density at radius 3 is 2.37 bits per heavy atom. The first-order valence-corrected chi connectivity index (χ1v) is 9.77. The smallest absolute Gasteiger partial charge is 0.259 e. The van der Waals surface area contributed by atoms with Gasteiger partial charge in [0.2, 0.25) is 0 Å². The molecule has 3 aromatic carbocycles. The van der Waals surface area contributed by atoms with Crippen molar-refractivity contribution >= 4 is 23.2 Å². The number of hydrogen-bond acceptors (Lipinski definition) is 3. The van der Waals surface area contributed by atoms with Gasteiger partial charge in [0.15, 0.2) is 0 Å². The molecule has 0 unspecified atom stereocenters. The number of anilines is 2. The van der Waals surface area contributed by atoms with Gasteiger partial charge in [0.1, 0.15) is 11.6 Å². The quantitative estimate of drug-likeness (QED) is 0.485. The van der Waals surface area contributed by atoms with Crippen molar-refractivity contribution in [2.45, 2.75) is 19.8 Å². The highest BCUT2D eigenvalue weighted by Gasteiger charge is 2.14. The van der Waals surface area contributed by atoms with Crippen molar-refractivity contribution in [2.75, 3.05) is 17.2 Å².